The van der Waals surface area contributed by atoms with Crippen LogP contribution in [0.1, 0.15) is 36.2 Å². The van der Waals surface area contributed by atoms with E-state index >= 15 is 0 Å². The smallest absolute Gasteiger partial charge is 0.224 e. The predicted octanol–water partition coefficient (Wildman–Crippen LogP) is 3.86. The number of benzene rings is 2. The van der Waals surface area contributed by atoms with Gasteiger partial charge in [-0.3, -0.25) is 9.59 Å². The van der Waals surface area contributed by atoms with Gasteiger partial charge in [-0.15, -0.1) is 0 Å². The molecule has 0 aromatic heterocycles. The lowest BCUT2D eigenvalue weighted by molar-refractivity contribution is -0.116. The standard InChI is InChI=1S/C19H21NO3/c1-3-23-18-11-10-16(14(2)21)13-17(18)20-19(22)12-9-15-7-5-4-6-8-15/h4-8,10-11,13H,3,9,12H2,1-2H3,(H,20,22). The average Bonchev–Trinajstić information content (AvgIpc) is 2.55. The lowest BCUT2D eigenvalue weighted by atomic mass is 10.1. The number of ketones is 1. The SMILES string of the molecule is CCOc1ccc(C(C)=O)cc1NC(=O)CCc1ccccc1. The van der Waals surface area contributed by atoms with E-state index in [1.807, 2.05) is 37.3 Å². The van der Waals surface area contributed by atoms with Crippen molar-refractivity contribution in [2.24, 2.45) is 0 Å². The number of carbonyl (C=O) groups excluding carboxylic acids is 2. The van der Waals surface area contributed by atoms with Gasteiger partial charge in [0.1, 0.15) is 5.75 Å². The van der Waals surface area contributed by atoms with E-state index in [1.165, 1.54) is 6.92 Å². The Balaban J connectivity index is 2.06. The van der Waals surface area contributed by atoms with Crippen LogP contribution in [0.15, 0.2) is 48.5 Å². The zero-order valence-corrected chi connectivity index (χ0v) is 13.5. The summed E-state index contributed by atoms with van der Waals surface area (Å²) in [6.07, 6.45) is 1.04. The number of hydrogen-bond donors (Lipinski definition) is 1. The molecule has 0 aliphatic carbocycles. The largest absolute Gasteiger partial charge is 0.492 e. The van der Waals surface area contributed by atoms with Crippen LogP contribution in [0.4, 0.5) is 5.69 Å². The molecule has 0 spiro atoms. The number of ether oxygens (including phenoxy) is 1. The van der Waals surface area contributed by atoms with Gasteiger partial charge >= 0.3 is 0 Å². The molecule has 4 nitrogen and oxygen atoms in total. The molecule has 2 aromatic rings. The maximum atomic E-state index is 12.2. The van der Waals surface area contributed by atoms with Gasteiger partial charge in [-0.1, -0.05) is 30.3 Å². The second kappa shape index (κ2) is 8.13. The lowest BCUT2D eigenvalue weighted by Gasteiger charge is -2.12. The third-order valence-electron chi connectivity index (χ3n) is 3.44. The first kappa shape index (κ1) is 16.7. The predicted molar refractivity (Wildman–Crippen MR) is 91.0 cm³/mol. The molecule has 0 aliphatic rings. The number of carbonyl (C=O) groups is 2. The molecule has 0 aliphatic heterocycles. The van der Waals surface area contributed by atoms with Crippen LogP contribution in [-0.4, -0.2) is 18.3 Å². The molecule has 0 heterocycles. The van der Waals surface area contributed by atoms with Crippen molar-refractivity contribution in [3.05, 3.63) is 59.7 Å². The first-order chi connectivity index (χ1) is 11.1. The van der Waals surface area contributed by atoms with Gasteiger partial charge in [-0.05, 0) is 44.0 Å². The summed E-state index contributed by atoms with van der Waals surface area (Å²) >= 11 is 0. The van der Waals surface area contributed by atoms with Crippen molar-refractivity contribution in [2.45, 2.75) is 26.7 Å². The van der Waals surface area contributed by atoms with Crippen molar-refractivity contribution in [3.63, 3.8) is 0 Å². The molecule has 1 N–H and O–H groups in total. The third kappa shape index (κ3) is 4.95. The van der Waals surface area contributed by atoms with Crippen LogP contribution < -0.4 is 10.1 Å². The zero-order valence-electron chi connectivity index (χ0n) is 13.5. The summed E-state index contributed by atoms with van der Waals surface area (Å²) in [6, 6.07) is 14.9. The Hall–Kier alpha value is -2.62. The number of hydrogen-bond acceptors (Lipinski definition) is 3. The van der Waals surface area contributed by atoms with Crippen LogP contribution in [0, 0.1) is 0 Å². The average molecular weight is 311 g/mol. The van der Waals surface area contributed by atoms with Crippen molar-refractivity contribution < 1.29 is 14.3 Å². The number of nitrogens with one attached hydrogen (secondary N) is 1. The topological polar surface area (TPSA) is 55.4 Å². The molecule has 120 valence electrons. The first-order valence-corrected chi connectivity index (χ1v) is 7.71. The minimum Gasteiger partial charge on any atom is -0.492 e. The highest BCUT2D eigenvalue weighted by Crippen LogP contribution is 2.26. The summed E-state index contributed by atoms with van der Waals surface area (Å²) in [7, 11) is 0. The van der Waals surface area contributed by atoms with Crippen molar-refractivity contribution in [1.29, 1.82) is 0 Å². The van der Waals surface area contributed by atoms with Gasteiger partial charge in [0, 0.05) is 12.0 Å². The Kier molecular flexibility index (Phi) is 5.92. The van der Waals surface area contributed by atoms with Gasteiger partial charge < -0.3 is 10.1 Å². The molecule has 0 saturated heterocycles. The molecule has 2 aromatic carbocycles. The van der Waals surface area contributed by atoms with Crippen molar-refractivity contribution >= 4 is 17.4 Å². The molecule has 0 radical (unpaired) electrons. The maximum absolute atomic E-state index is 12.2. The van der Waals surface area contributed by atoms with Crippen LogP contribution in [-0.2, 0) is 11.2 Å². The second-order valence-electron chi connectivity index (χ2n) is 5.23. The van der Waals surface area contributed by atoms with E-state index in [4.69, 9.17) is 4.74 Å². The normalized spacial score (nSPS) is 10.2. The lowest BCUT2D eigenvalue weighted by Crippen LogP contribution is -2.14. The molecule has 0 bridgehead atoms. The zero-order chi connectivity index (χ0) is 16.7. The number of Topliss-reactive ketones (excluding diaryl/α,β-unsaturated/α-hetero) is 1. The molecule has 1 amide bonds. The van der Waals surface area contributed by atoms with Crippen LogP contribution in [0.5, 0.6) is 5.75 Å². The summed E-state index contributed by atoms with van der Waals surface area (Å²) in [4.78, 5) is 23.7. The third-order valence-corrected chi connectivity index (χ3v) is 3.44. The maximum Gasteiger partial charge on any atom is 0.224 e. The van der Waals surface area contributed by atoms with E-state index < -0.39 is 0 Å². The minimum absolute atomic E-state index is 0.0483. The quantitative estimate of drug-likeness (QED) is 0.790. The molecule has 0 fully saturated rings. The number of anilines is 1. The highest BCUT2D eigenvalue weighted by Gasteiger charge is 2.11. The van der Waals surface area contributed by atoms with Gasteiger partial charge in [0.2, 0.25) is 5.91 Å². The summed E-state index contributed by atoms with van der Waals surface area (Å²) < 4.78 is 5.51. The Morgan fingerprint density at radius 1 is 1.09 bits per heavy atom. The minimum atomic E-state index is -0.101. The molecule has 23 heavy (non-hydrogen) atoms. The Bertz CT molecular complexity index is 680. The fourth-order valence-corrected chi connectivity index (χ4v) is 2.24. The first-order valence-electron chi connectivity index (χ1n) is 7.71. The van der Waals surface area contributed by atoms with Gasteiger partial charge in [-0.2, -0.15) is 0 Å². The molecular weight excluding hydrogens is 290 g/mol. The summed E-state index contributed by atoms with van der Waals surface area (Å²) in [6.45, 7) is 3.86. The van der Waals surface area contributed by atoms with E-state index in [-0.39, 0.29) is 11.7 Å². The van der Waals surface area contributed by atoms with E-state index in [0.29, 0.717) is 36.4 Å². The van der Waals surface area contributed by atoms with Crippen molar-refractivity contribution in [2.75, 3.05) is 11.9 Å². The fourth-order valence-electron chi connectivity index (χ4n) is 2.24. The Labute approximate surface area is 136 Å². The summed E-state index contributed by atoms with van der Waals surface area (Å²) in [5, 5.41) is 2.84. The van der Waals surface area contributed by atoms with Gasteiger partial charge in [-0.25, -0.2) is 0 Å². The van der Waals surface area contributed by atoms with E-state index in [0.717, 1.165) is 5.56 Å². The molecule has 4 heteroatoms. The fraction of sp³-hybridized carbons (Fsp3) is 0.263. The van der Waals surface area contributed by atoms with Gasteiger partial charge in [0.25, 0.3) is 0 Å². The summed E-state index contributed by atoms with van der Waals surface area (Å²) in [5.41, 5.74) is 2.20. The van der Waals surface area contributed by atoms with E-state index in [1.54, 1.807) is 18.2 Å². The van der Waals surface area contributed by atoms with Crippen molar-refractivity contribution in [1.82, 2.24) is 0 Å². The van der Waals surface area contributed by atoms with Crippen LogP contribution in [0.3, 0.4) is 0 Å². The van der Waals surface area contributed by atoms with E-state index in [2.05, 4.69) is 5.32 Å². The molecule has 0 saturated carbocycles. The number of aryl methyl sites for hydroxylation is 1. The molecule has 0 atom stereocenters. The highest BCUT2D eigenvalue weighted by atomic mass is 16.5. The second-order valence-corrected chi connectivity index (χ2v) is 5.23. The van der Waals surface area contributed by atoms with Crippen LogP contribution in [0.2, 0.25) is 0 Å². The van der Waals surface area contributed by atoms with Crippen LogP contribution >= 0.6 is 0 Å². The Morgan fingerprint density at radius 2 is 1.83 bits per heavy atom. The highest BCUT2D eigenvalue weighted by molar-refractivity contribution is 5.98. The summed E-state index contributed by atoms with van der Waals surface area (Å²) in [5.74, 6) is 0.425. The van der Waals surface area contributed by atoms with E-state index in [9.17, 15) is 9.59 Å². The van der Waals surface area contributed by atoms with Gasteiger partial charge in [0.05, 0.1) is 12.3 Å². The molecule has 0 unspecified atom stereocenters. The van der Waals surface area contributed by atoms with Crippen LogP contribution in [0.25, 0.3) is 0 Å². The monoisotopic (exact) mass is 311 g/mol. The molecule has 2 rings (SSSR count). The number of rotatable bonds is 7. The Morgan fingerprint density at radius 3 is 2.48 bits per heavy atom. The van der Waals surface area contributed by atoms with Crippen molar-refractivity contribution in [3.8, 4) is 5.75 Å². The molecular formula is C19H21NO3. The van der Waals surface area contributed by atoms with Gasteiger partial charge in [0.15, 0.2) is 5.78 Å². The number of amides is 1.